The van der Waals surface area contributed by atoms with Crippen LogP contribution < -0.4 is 0 Å². The van der Waals surface area contributed by atoms with E-state index in [4.69, 9.17) is 9.47 Å². The van der Waals surface area contributed by atoms with Gasteiger partial charge in [0, 0.05) is 18.8 Å². The predicted octanol–water partition coefficient (Wildman–Crippen LogP) is 2.64. The second-order valence-corrected chi connectivity index (χ2v) is 4.91. The van der Waals surface area contributed by atoms with Gasteiger partial charge in [0.2, 0.25) is 0 Å². The number of hydrogen-bond acceptors (Lipinski definition) is 2. The van der Waals surface area contributed by atoms with Crippen LogP contribution in [0.3, 0.4) is 0 Å². The first-order valence-corrected chi connectivity index (χ1v) is 5.79. The first-order valence-electron chi connectivity index (χ1n) is 5.79. The Kier molecular flexibility index (Phi) is 1.96. The minimum atomic E-state index is -0.194. The van der Waals surface area contributed by atoms with Gasteiger partial charge in [-0.1, -0.05) is 18.6 Å². The van der Waals surface area contributed by atoms with Gasteiger partial charge in [-0.3, -0.25) is 0 Å². The van der Waals surface area contributed by atoms with Gasteiger partial charge >= 0.3 is 0 Å². The zero-order valence-electron chi connectivity index (χ0n) is 8.63. The molecule has 0 unspecified atom stereocenters. The molecular formula is C12H18O2. The van der Waals surface area contributed by atoms with Crippen molar-refractivity contribution in [3.8, 4) is 0 Å². The van der Waals surface area contributed by atoms with E-state index in [1.54, 1.807) is 0 Å². The number of ether oxygens (including phenoxy) is 2. The number of fused-ring (bicyclic) bond motifs is 1. The van der Waals surface area contributed by atoms with Gasteiger partial charge in [-0.25, -0.2) is 0 Å². The summed E-state index contributed by atoms with van der Waals surface area (Å²) in [6.07, 6.45) is 7.56. The molecule has 78 valence electrons. The third-order valence-corrected chi connectivity index (χ3v) is 3.94. The molecule has 0 aromatic carbocycles. The highest BCUT2D eigenvalue weighted by Crippen LogP contribution is 2.46. The van der Waals surface area contributed by atoms with Crippen LogP contribution in [0.2, 0.25) is 0 Å². The molecule has 3 fully saturated rings. The second-order valence-electron chi connectivity index (χ2n) is 4.91. The molecule has 0 bridgehead atoms. The van der Waals surface area contributed by atoms with E-state index >= 15 is 0 Å². The summed E-state index contributed by atoms with van der Waals surface area (Å²) >= 11 is 0. The highest BCUT2D eigenvalue weighted by atomic mass is 16.7. The number of rotatable bonds is 0. The van der Waals surface area contributed by atoms with Crippen molar-refractivity contribution in [2.75, 3.05) is 6.61 Å². The third-order valence-electron chi connectivity index (χ3n) is 3.94. The molecule has 0 amide bonds. The lowest BCUT2D eigenvalue weighted by Gasteiger charge is -2.52. The molecule has 0 N–H and O–H groups in total. The van der Waals surface area contributed by atoms with Gasteiger partial charge in [-0.05, 0) is 19.3 Å². The average Bonchev–Trinajstić information content (AvgIpc) is 2.18. The summed E-state index contributed by atoms with van der Waals surface area (Å²) in [4.78, 5) is 0. The lowest BCUT2D eigenvalue weighted by molar-refractivity contribution is -0.329. The standard InChI is InChI=1S/C12H18O2/c1-9-7-11-10(9)8-13-12(14-11)5-3-2-4-6-12/h10-11H,1-8H2/t10-,11+/m1/s1. The smallest absolute Gasteiger partial charge is 0.168 e. The molecule has 14 heavy (non-hydrogen) atoms. The van der Waals surface area contributed by atoms with Crippen molar-refractivity contribution < 1.29 is 9.47 Å². The summed E-state index contributed by atoms with van der Waals surface area (Å²) in [5.41, 5.74) is 1.32. The van der Waals surface area contributed by atoms with Crippen molar-refractivity contribution >= 4 is 0 Å². The lowest BCUT2D eigenvalue weighted by atomic mass is 9.76. The number of hydrogen-bond donors (Lipinski definition) is 0. The van der Waals surface area contributed by atoms with Gasteiger partial charge in [0.25, 0.3) is 0 Å². The van der Waals surface area contributed by atoms with E-state index in [1.807, 2.05) is 0 Å². The Balaban J connectivity index is 1.70. The maximum absolute atomic E-state index is 6.10. The molecule has 0 radical (unpaired) electrons. The van der Waals surface area contributed by atoms with E-state index in [0.29, 0.717) is 12.0 Å². The van der Waals surface area contributed by atoms with Gasteiger partial charge in [0.15, 0.2) is 5.79 Å². The highest BCUT2D eigenvalue weighted by molar-refractivity contribution is 5.17. The molecule has 0 aromatic rings. The lowest BCUT2D eigenvalue weighted by Crippen LogP contribution is -2.54. The third kappa shape index (κ3) is 1.24. The topological polar surface area (TPSA) is 18.5 Å². The van der Waals surface area contributed by atoms with E-state index in [1.165, 1.54) is 24.8 Å². The van der Waals surface area contributed by atoms with Crippen LogP contribution in [0.5, 0.6) is 0 Å². The molecule has 1 heterocycles. The zero-order valence-corrected chi connectivity index (χ0v) is 8.63. The summed E-state index contributed by atoms with van der Waals surface area (Å²) in [7, 11) is 0. The molecule has 2 saturated carbocycles. The zero-order chi connectivity index (χ0) is 9.60. The summed E-state index contributed by atoms with van der Waals surface area (Å²) in [5.74, 6) is 0.308. The Morgan fingerprint density at radius 2 is 2.00 bits per heavy atom. The van der Waals surface area contributed by atoms with Crippen LogP contribution in [-0.2, 0) is 9.47 Å². The SMILES string of the molecule is C=C1C[C@@H]2OC3(CCCCC3)OC[C@H]12. The molecule has 2 atom stereocenters. The fourth-order valence-electron chi connectivity index (χ4n) is 2.91. The molecule has 1 saturated heterocycles. The van der Waals surface area contributed by atoms with Gasteiger partial charge in [0.05, 0.1) is 12.7 Å². The predicted molar refractivity (Wildman–Crippen MR) is 53.9 cm³/mol. The Morgan fingerprint density at radius 3 is 2.64 bits per heavy atom. The molecule has 3 rings (SSSR count). The minimum Gasteiger partial charge on any atom is -0.349 e. The van der Waals surface area contributed by atoms with Gasteiger partial charge in [0.1, 0.15) is 0 Å². The summed E-state index contributed by atoms with van der Waals surface area (Å²) in [6.45, 7) is 4.87. The van der Waals surface area contributed by atoms with Crippen LogP contribution >= 0.6 is 0 Å². The fourth-order valence-corrected chi connectivity index (χ4v) is 2.91. The van der Waals surface area contributed by atoms with Crippen LogP contribution in [0, 0.1) is 5.92 Å². The molecule has 3 aliphatic rings. The Hall–Kier alpha value is -0.340. The van der Waals surface area contributed by atoms with E-state index in [2.05, 4.69) is 6.58 Å². The van der Waals surface area contributed by atoms with Crippen LogP contribution in [0.1, 0.15) is 38.5 Å². The largest absolute Gasteiger partial charge is 0.349 e. The van der Waals surface area contributed by atoms with Crippen molar-refractivity contribution in [3.05, 3.63) is 12.2 Å². The van der Waals surface area contributed by atoms with Crippen molar-refractivity contribution in [1.82, 2.24) is 0 Å². The summed E-state index contributed by atoms with van der Waals surface area (Å²) in [5, 5.41) is 0. The Labute approximate surface area is 85.3 Å². The van der Waals surface area contributed by atoms with Crippen LogP contribution in [0.15, 0.2) is 12.2 Å². The van der Waals surface area contributed by atoms with E-state index in [-0.39, 0.29) is 5.79 Å². The van der Waals surface area contributed by atoms with Crippen LogP contribution in [0.25, 0.3) is 0 Å². The van der Waals surface area contributed by atoms with Crippen molar-refractivity contribution in [1.29, 1.82) is 0 Å². The van der Waals surface area contributed by atoms with E-state index in [0.717, 1.165) is 25.9 Å². The Morgan fingerprint density at radius 1 is 1.21 bits per heavy atom. The van der Waals surface area contributed by atoms with E-state index < -0.39 is 0 Å². The quantitative estimate of drug-likeness (QED) is 0.552. The summed E-state index contributed by atoms with van der Waals surface area (Å²) in [6, 6.07) is 0. The molecule has 2 heteroatoms. The minimum absolute atomic E-state index is 0.194. The van der Waals surface area contributed by atoms with Crippen LogP contribution in [-0.4, -0.2) is 18.5 Å². The van der Waals surface area contributed by atoms with Crippen molar-refractivity contribution in [3.63, 3.8) is 0 Å². The molecule has 1 spiro atoms. The Bertz CT molecular complexity index is 253. The average molecular weight is 194 g/mol. The second kappa shape index (κ2) is 3.07. The monoisotopic (exact) mass is 194 g/mol. The van der Waals surface area contributed by atoms with Crippen LogP contribution in [0.4, 0.5) is 0 Å². The van der Waals surface area contributed by atoms with Gasteiger partial charge in [-0.2, -0.15) is 0 Å². The first-order chi connectivity index (χ1) is 6.79. The maximum Gasteiger partial charge on any atom is 0.168 e. The highest BCUT2D eigenvalue weighted by Gasteiger charge is 2.48. The molecule has 2 nitrogen and oxygen atoms in total. The fraction of sp³-hybridized carbons (Fsp3) is 0.833. The van der Waals surface area contributed by atoms with Crippen molar-refractivity contribution in [2.45, 2.75) is 50.4 Å². The van der Waals surface area contributed by atoms with Gasteiger partial charge < -0.3 is 9.47 Å². The van der Waals surface area contributed by atoms with Crippen molar-refractivity contribution in [2.24, 2.45) is 5.92 Å². The molecule has 1 aliphatic heterocycles. The molecular weight excluding hydrogens is 176 g/mol. The summed E-state index contributed by atoms with van der Waals surface area (Å²) < 4.78 is 12.0. The normalized spacial score (nSPS) is 40.4. The van der Waals surface area contributed by atoms with E-state index in [9.17, 15) is 0 Å². The first kappa shape index (κ1) is 8.93. The molecule has 2 aliphatic carbocycles. The molecule has 0 aromatic heterocycles. The maximum atomic E-state index is 6.10. The van der Waals surface area contributed by atoms with Gasteiger partial charge in [-0.15, -0.1) is 0 Å².